The normalized spacial score (nSPS) is 22.4. The van der Waals surface area contributed by atoms with Gasteiger partial charge in [-0.1, -0.05) is 12.1 Å². The molecule has 0 bridgehead atoms. The smallest absolute Gasteiger partial charge is 0.242 e. The molecule has 2 fully saturated rings. The minimum Gasteiger partial charge on any atom is -0.495 e. The third kappa shape index (κ3) is 4.46. The van der Waals surface area contributed by atoms with Crippen LogP contribution in [0.15, 0.2) is 24.3 Å². The van der Waals surface area contributed by atoms with E-state index in [4.69, 9.17) is 17.0 Å². The third-order valence-electron chi connectivity index (χ3n) is 5.41. The lowest BCUT2D eigenvalue weighted by Crippen LogP contribution is -2.62. The highest BCUT2D eigenvalue weighted by atomic mass is 32.1. The van der Waals surface area contributed by atoms with Crippen molar-refractivity contribution in [2.75, 3.05) is 44.7 Å². The second kappa shape index (κ2) is 7.92. The first kappa shape index (κ1) is 19.7. The van der Waals surface area contributed by atoms with Crippen molar-refractivity contribution < 1.29 is 9.53 Å². The van der Waals surface area contributed by atoms with Crippen LogP contribution in [0.4, 0.5) is 5.69 Å². The number of nitrogens with one attached hydrogen (secondary N) is 1. The van der Waals surface area contributed by atoms with Gasteiger partial charge in [0, 0.05) is 37.8 Å². The molecule has 1 aromatic rings. The number of carbonyl (C=O) groups is 1. The summed E-state index contributed by atoms with van der Waals surface area (Å²) in [5.74, 6) is 1.02. The Labute approximate surface area is 167 Å². The second-order valence-electron chi connectivity index (χ2n) is 8.03. The van der Waals surface area contributed by atoms with Gasteiger partial charge in [-0.3, -0.25) is 4.79 Å². The summed E-state index contributed by atoms with van der Waals surface area (Å²) < 4.78 is 5.46. The van der Waals surface area contributed by atoms with Crippen molar-refractivity contribution in [1.29, 1.82) is 0 Å². The van der Waals surface area contributed by atoms with Crippen molar-refractivity contribution in [3.63, 3.8) is 0 Å². The summed E-state index contributed by atoms with van der Waals surface area (Å²) in [6.45, 7) is 9.81. The molecule has 7 heteroatoms. The molecule has 6 nitrogen and oxygen atoms in total. The molecule has 0 aliphatic carbocycles. The predicted octanol–water partition coefficient (Wildman–Crippen LogP) is 2.09. The SMILES string of the molecule is COc1ccccc1N1CCN(C(=O)CN2C(=S)NC(C)(C)C[C@H]2C)CC1. The number of rotatable bonds is 4. The summed E-state index contributed by atoms with van der Waals surface area (Å²) in [6.07, 6.45) is 0.960. The van der Waals surface area contributed by atoms with Crippen LogP contribution in [-0.2, 0) is 4.79 Å². The van der Waals surface area contributed by atoms with Crippen LogP contribution in [0.25, 0.3) is 0 Å². The van der Waals surface area contributed by atoms with Gasteiger partial charge in [-0.15, -0.1) is 0 Å². The zero-order valence-electron chi connectivity index (χ0n) is 16.7. The Morgan fingerprint density at radius 2 is 1.93 bits per heavy atom. The van der Waals surface area contributed by atoms with Gasteiger partial charge in [0.2, 0.25) is 5.91 Å². The van der Waals surface area contributed by atoms with Gasteiger partial charge in [-0.05, 0) is 51.5 Å². The molecule has 1 atom stereocenters. The molecule has 2 aliphatic heterocycles. The van der Waals surface area contributed by atoms with Crippen LogP contribution in [-0.4, -0.2) is 72.2 Å². The first-order valence-electron chi connectivity index (χ1n) is 9.55. The number of benzene rings is 1. The van der Waals surface area contributed by atoms with Crippen LogP contribution < -0.4 is 15.0 Å². The van der Waals surface area contributed by atoms with Gasteiger partial charge in [0.05, 0.1) is 19.3 Å². The summed E-state index contributed by atoms with van der Waals surface area (Å²) >= 11 is 5.51. The van der Waals surface area contributed by atoms with E-state index in [0.717, 1.165) is 30.9 Å². The number of hydrogen-bond donors (Lipinski definition) is 1. The second-order valence-corrected chi connectivity index (χ2v) is 8.42. The van der Waals surface area contributed by atoms with Crippen LogP contribution in [0, 0.1) is 0 Å². The number of anilines is 1. The van der Waals surface area contributed by atoms with E-state index >= 15 is 0 Å². The van der Waals surface area contributed by atoms with Gasteiger partial charge in [-0.25, -0.2) is 0 Å². The van der Waals surface area contributed by atoms with Crippen molar-refractivity contribution in [3.05, 3.63) is 24.3 Å². The van der Waals surface area contributed by atoms with Gasteiger partial charge in [0.25, 0.3) is 0 Å². The largest absolute Gasteiger partial charge is 0.495 e. The lowest BCUT2D eigenvalue weighted by molar-refractivity contribution is -0.132. The lowest BCUT2D eigenvalue weighted by Gasteiger charge is -2.45. The Kier molecular flexibility index (Phi) is 5.79. The Bertz CT molecular complexity index is 701. The molecular formula is C20H30N4O2S. The van der Waals surface area contributed by atoms with Gasteiger partial charge in [-0.2, -0.15) is 0 Å². The van der Waals surface area contributed by atoms with E-state index < -0.39 is 0 Å². The van der Waals surface area contributed by atoms with Crippen molar-refractivity contribution in [2.45, 2.75) is 38.8 Å². The first-order valence-corrected chi connectivity index (χ1v) is 9.96. The Balaban J connectivity index is 1.57. The Morgan fingerprint density at radius 3 is 2.56 bits per heavy atom. The fraction of sp³-hybridized carbons (Fsp3) is 0.600. The van der Waals surface area contributed by atoms with E-state index in [2.05, 4.69) is 37.1 Å². The molecular weight excluding hydrogens is 360 g/mol. The van der Waals surface area contributed by atoms with E-state index in [0.29, 0.717) is 24.7 Å². The van der Waals surface area contributed by atoms with E-state index in [1.165, 1.54) is 0 Å². The topological polar surface area (TPSA) is 48.1 Å². The predicted molar refractivity (Wildman–Crippen MR) is 112 cm³/mol. The van der Waals surface area contributed by atoms with Crippen LogP contribution in [0.2, 0.25) is 0 Å². The molecule has 2 saturated heterocycles. The maximum absolute atomic E-state index is 12.8. The highest BCUT2D eigenvalue weighted by Gasteiger charge is 2.35. The summed E-state index contributed by atoms with van der Waals surface area (Å²) in [5.41, 5.74) is 1.07. The van der Waals surface area contributed by atoms with Gasteiger partial charge >= 0.3 is 0 Å². The van der Waals surface area contributed by atoms with Crippen LogP contribution >= 0.6 is 12.2 Å². The fourth-order valence-corrected chi connectivity index (χ4v) is 4.54. The number of para-hydroxylation sites is 2. The number of nitrogens with zero attached hydrogens (tertiary/aromatic N) is 3. The number of methoxy groups -OCH3 is 1. The maximum Gasteiger partial charge on any atom is 0.242 e. The fourth-order valence-electron chi connectivity index (χ4n) is 4.02. The van der Waals surface area contributed by atoms with Crippen molar-refractivity contribution in [2.24, 2.45) is 0 Å². The molecule has 3 rings (SSSR count). The average Bonchev–Trinajstić information content (AvgIpc) is 2.64. The molecule has 27 heavy (non-hydrogen) atoms. The van der Waals surface area contributed by atoms with Gasteiger partial charge in [0.15, 0.2) is 5.11 Å². The van der Waals surface area contributed by atoms with E-state index in [-0.39, 0.29) is 17.5 Å². The van der Waals surface area contributed by atoms with Crippen molar-refractivity contribution in [3.8, 4) is 5.75 Å². The van der Waals surface area contributed by atoms with E-state index in [9.17, 15) is 4.79 Å². The number of amides is 1. The average molecular weight is 391 g/mol. The minimum absolute atomic E-state index is 0.0174. The molecule has 0 spiro atoms. The Morgan fingerprint density at radius 1 is 1.26 bits per heavy atom. The molecule has 1 N–H and O–H groups in total. The number of thiocarbonyl (C=S) groups is 1. The summed E-state index contributed by atoms with van der Waals surface area (Å²) in [4.78, 5) is 19.1. The summed E-state index contributed by atoms with van der Waals surface area (Å²) in [5, 5.41) is 4.03. The number of piperazine rings is 1. The molecule has 0 unspecified atom stereocenters. The number of carbonyl (C=O) groups excluding carboxylic acids is 1. The summed E-state index contributed by atoms with van der Waals surface area (Å²) in [7, 11) is 1.69. The van der Waals surface area contributed by atoms with Crippen LogP contribution in [0.3, 0.4) is 0 Å². The zero-order chi connectivity index (χ0) is 19.6. The third-order valence-corrected chi connectivity index (χ3v) is 5.74. The van der Waals surface area contributed by atoms with E-state index in [1.807, 2.05) is 28.0 Å². The zero-order valence-corrected chi connectivity index (χ0v) is 17.5. The molecule has 0 aromatic heterocycles. The number of hydrogen-bond acceptors (Lipinski definition) is 4. The van der Waals surface area contributed by atoms with Crippen molar-refractivity contribution in [1.82, 2.24) is 15.1 Å². The van der Waals surface area contributed by atoms with E-state index in [1.54, 1.807) is 7.11 Å². The van der Waals surface area contributed by atoms with Gasteiger partial charge < -0.3 is 24.8 Å². The highest BCUT2D eigenvalue weighted by molar-refractivity contribution is 7.80. The molecule has 2 heterocycles. The molecule has 2 aliphatic rings. The lowest BCUT2D eigenvalue weighted by atomic mass is 9.93. The van der Waals surface area contributed by atoms with Crippen LogP contribution in [0.5, 0.6) is 5.75 Å². The molecule has 0 saturated carbocycles. The van der Waals surface area contributed by atoms with Gasteiger partial charge in [0.1, 0.15) is 5.75 Å². The molecule has 148 valence electrons. The van der Waals surface area contributed by atoms with Crippen molar-refractivity contribution >= 4 is 28.9 Å². The molecule has 1 aromatic carbocycles. The summed E-state index contributed by atoms with van der Waals surface area (Å²) in [6, 6.07) is 8.29. The minimum atomic E-state index is -0.0174. The standard InChI is InChI=1S/C20H30N4O2S/c1-15-13-20(2,3)21-19(27)24(15)14-18(25)23-11-9-22(10-12-23)16-7-5-6-8-17(16)26-4/h5-8,15H,9-14H2,1-4H3,(H,21,27)/t15-/m1/s1. The Hall–Kier alpha value is -2.02. The maximum atomic E-state index is 12.8. The van der Waals surface area contributed by atoms with Crippen LogP contribution in [0.1, 0.15) is 27.2 Å². The molecule has 1 amide bonds. The molecule has 0 radical (unpaired) electrons. The number of ether oxygens (including phenoxy) is 1. The first-order chi connectivity index (χ1) is 12.8. The highest BCUT2D eigenvalue weighted by Crippen LogP contribution is 2.28. The quantitative estimate of drug-likeness (QED) is 0.795. The monoisotopic (exact) mass is 390 g/mol.